The first-order chi connectivity index (χ1) is 8.40. The van der Waals surface area contributed by atoms with E-state index in [9.17, 15) is 4.79 Å². The number of rotatable bonds is 4. The van der Waals surface area contributed by atoms with Gasteiger partial charge in [0.1, 0.15) is 0 Å². The van der Waals surface area contributed by atoms with Crippen LogP contribution in [0.1, 0.15) is 13.8 Å². The molecule has 0 saturated carbocycles. The molecular weight excluding hydrogens is 270 g/mol. The van der Waals surface area contributed by atoms with E-state index in [-0.39, 0.29) is 23.6 Å². The number of urea groups is 1. The van der Waals surface area contributed by atoms with Crippen molar-refractivity contribution in [3.63, 3.8) is 0 Å². The van der Waals surface area contributed by atoms with Crippen LogP contribution >= 0.6 is 23.8 Å². The van der Waals surface area contributed by atoms with Crippen molar-refractivity contribution in [2.24, 2.45) is 5.73 Å². The molecule has 0 bridgehead atoms. The Balaban J connectivity index is 2.75. The number of carbonyl (C=O) groups is 1. The van der Waals surface area contributed by atoms with Crippen LogP contribution in [0.15, 0.2) is 24.3 Å². The molecule has 6 heteroatoms. The van der Waals surface area contributed by atoms with E-state index in [0.29, 0.717) is 10.7 Å². The van der Waals surface area contributed by atoms with E-state index in [4.69, 9.17) is 29.6 Å². The molecule has 0 fully saturated rings. The molecule has 4 nitrogen and oxygen atoms in total. The van der Waals surface area contributed by atoms with Gasteiger partial charge in [-0.1, -0.05) is 29.9 Å². The molecule has 18 heavy (non-hydrogen) atoms. The predicted octanol–water partition coefficient (Wildman–Crippen LogP) is 2.87. The molecule has 0 heterocycles. The lowest BCUT2D eigenvalue weighted by atomic mass is 10.3. The summed E-state index contributed by atoms with van der Waals surface area (Å²) in [6.45, 7) is 4.05. The molecular formula is C12H16ClN3OS. The third kappa shape index (κ3) is 4.50. The monoisotopic (exact) mass is 285 g/mol. The molecule has 0 unspecified atom stereocenters. The molecule has 0 aliphatic carbocycles. The third-order valence-corrected chi connectivity index (χ3v) is 2.65. The second-order valence-electron chi connectivity index (χ2n) is 4.13. The smallest absolute Gasteiger partial charge is 0.322 e. The number of benzene rings is 1. The number of carbonyl (C=O) groups excluding carboxylic acids is 1. The van der Waals surface area contributed by atoms with Crippen LogP contribution in [0, 0.1) is 0 Å². The number of thiocarbonyl (C=S) groups is 1. The van der Waals surface area contributed by atoms with Crippen molar-refractivity contribution >= 4 is 40.5 Å². The highest BCUT2D eigenvalue weighted by Crippen LogP contribution is 2.15. The van der Waals surface area contributed by atoms with Crippen LogP contribution in [0.25, 0.3) is 0 Å². The zero-order valence-corrected chi connectivity index (χ0v) is 11.9. The quantitative estimate of drug-likeness (QED) is 0.837. The normalized spacial score (nSPS) is 10.2. The Labute approximate surface area is 117 Å². The molecule has 0 radical (unpaired) electrons. The fourth-order valence-corrected chi connectivity index (χ4v) is 1.75. The number of nitrogens with two attached hydrogens (primary N) is 1. The third-order valence-electron chi connectivity index (χ3n) is 2.29. The average molecular weight is 286 g/mol. The molecule has 0 atom stereocenters. The summed E-state index contributed by atoms with van der Waals surface area (Å²) in [7, 11) is 0. The van der Waals surface area contributed by atoms with Gasteiger partial charge in [-0.15, -0.1) is 0 Å². The lowest BCUT2D eigenvalue weighted by molar-refractivity contribution is 0.206. The summed E-state index contributed by atoms with van der Waals surface area (Å²) in [5.74, 6) is 0. The van der Waals surface area contributed by atoms with Crippen LogP contribution in [0.5, 0.6) is 0 Å². The molecule has 0 aliphatic heterocycles. The zero-order chi connectivity index (χ0) is 13.7. The fourth-order valence-electron chi connectivity index (χ4n) is 1.42. The molecule has 98 valence electrons. The second kappa shape index (κ2) is 6.56. The Morgan fingerprint density at radius 1 is 1.56 bits per heavy atom. The van der Waals surface area contributed by atoms with Crippen molar-refractivity contribution in [3.05, 3.63) is 29.3 Å². The first-order valence-corrected chi connectivity index (χ1v) is 6.30. The number of nitrogens with zero attached hydrogens (tertiary/aromatic N) is 1. The van der Waals surface area contributed by atoms with E-state index in [0.717, 1.165) is 0 Å². The minimum Gasteiger partial charge on any atom is -0.392 e. The molecule has 0 aromatic heterocycles. The van der Waals surface area contributed by atoms with Crippen LogP contribution in [-0.4, -0.2) is 28.5 Å². The summed E-state index contributed by atoms with van der Waals surface area (Å²) in [5, 5.41) is 3.32. The minimum absolute atomic E-state index is 0.00526. The maximum absolute atomic E-state index is 12.1. The van der Waals surface area contributed by atoms with E-state index in [1.807, 2.05) is 13.8 Å². The minimum atomic E-state index is -0.250. The lowest BCUT2D eigenvalue weighted by Crippen LogP contribution is -2.44. The Morgan fingerprint density at radius 3 is 2.72 bits per heavy atom. The van der Waals surface area contributed by atoms with Gasteiger partial charge in [0, 0.05) is 16.8 Å². The van der Waals surface area contributed by atoms with Gasteiger partial charge in [-0.3, -0.25) is 0 Å². The maximum Gasteiger partial charge on any atom is 0.322 e. The van der Waals surface area contributed by atoms with E-state index in [1.54, 1.807) is 29.2 Å². The van der Waals surface area contributed by atoms with Gasteiger partial charge >= 0.3 is 6.03 Å². The van der Waals surface area contributed by atoms with Gasteiger partial charge in [0.25, 0.3) is 0 Å². The number of anilines is 1. The standard InChI is InChI=1S/C12H16ClN3OS/c1-8(2)16(7-11(14)18)12(17)15-10-5-3-4-9(13)6-10/h3-6,8H,7H2,1-2H3,(H2,14,18)(H,15,17). The van der Waals surface area contributed by atoms with Crippen molar-refractivity contribution in [1.82, 2.24) is 4.90 Å². The van der Waals surface area contributed by atoms with Gasteiger partial charge in [-0.2, -0.15) is 0 Å². The van der Waals surface area contributed by atoms with E-state index in [1.165, 1.54) is 0 Å². The number of nitrogens with one attached hydrogen (secondary N) is 1. The summed E-state index contributed by atoms with van der Waals surface area (Å²) in [6, 6.07) is 6.71. The number of hydrogen-bond acceptors (Lipinski definition) is 2. The Bertz CT molecular complexity index is 451. The highest BCUT2D eigenvalue weighted by Gasteiger charge is 2.17. The summed E-state index contributed by atoms with van der Waals surface area (Å²) in [5.41, 5.74) is 6.11. The first kappa shape index (κ1) is 14.7. The molecule has 2 amide bonds. The van der Waals surface area contributed by atoms with Crippen LogP contribution < -0.4 is 11.1 Å². The van der Waals surface area contributed by atoms with Gasteiger partial charge in [0.2, 0.25) is 0 Å². The predicted molar refractivity (Wildman–Crippen MR) is 79.1 cm³/mol. The molecule has 1 aromatic rings. The van der Waals surface area contributed by atoms with E-state index < -0.39 is 0 Å². The number of amides is 2. The summed E-state index contributed by atoms with van der Waals surface area (Å²) >= 11 is 10.7. The van der Waals surface area contributed by atoms with Crippen LogP contribution in [0.2, 0.25) is 5.02 Å². The summed E-state index contributed by atoms with van der Waals surface area (Å²) < 4.78 is 0. The Morgan fingerprint density at radius 2 is 2.22 bits per heavy atom. The highest BCUT2D eigenvalue weighted by atomic mass is 35.5. The maximum atomic E-state index is 12.1. The largest absolute Gasteiger partial charge is 0.392 e. The molecule has 0 aliphatic rings. The summed E-state index contributed by atoms with van der Waals surface area (Å²) in [6.07, 6.45) is 0. The van der Waals surface area contributed by atoms with Crippen molar-refractivity contribution in [2.75, 3.05) is 11.9 Å². The summed E-state index contributed by atoms with van der Waals surface area (Å²) in [4.78, 5) is 13.9. The molecule has 3 N–H and O–H groups in total. The topological polar surface area (TPSA) is 58.4 Å². The van der Waals surface area contributed by atoms with Crippen molar-refractivity contribution < 1.29 is 4.79 Å². The van der Waals surface area contributed by atoms with Gasteiger partial charge in [0.05, 0.1) is 11.5 Å². The van der Waals surface area contributed by atoms with Crippen molar-refractivity contribution in [3.8, 4) is 0 Å². The van der Waals surface area contributed by atoms with E-state index in [2.05, 4.69) is 5.32 Å². The Kier molecular flexibility index (Phi) is 5.37. The van der Waals surface area contributed by atoms with Crippen LogP contribution in [0.3, 0.4) is 0 Å². The van der Waals surface area contributed by atoms with E-state index >= 15 is 0 Å². The van der Waals surface area contributed by atoms with Crippen LogP contribution in [0.4, 0.5) is 10.5 Å². The Hall–Kier alpha value is -1.33. The number of hydrogen-bond donors (Lipinski definition) is 2. The second-order valence-corrected chi connectivity index (χ2v) is 5.09. The lowest BCUT2D eigenvalue weighted by Gasteiger charge is -2.26. The van der Waals surface area contributed by atoms with Gasteiger partial charge < -0.3 is 16.0 Å². The molecule has 0 spiro atoms. The van der Waals surface area contributed by atoms with Gasteiger partial charge in [-0.25, -0.2) is 4.79 Å². The van der Waals surface area contributed by atoms with Crippen molar-refractivity contribution in [2.45, 2.75) is 19.9 Å². The fraction of sp³-hybridized carbons (Fsp3) is 0.333. The van der Waals surface area contributed by atoms with Crippen molar-refractivity contribution in [1.29, 1.82) is 0 Å². The number of halogens is 1. The molecule has 1 aromatic carbocycles. The average Bonchev–Trinajstić information content (AvgIpc) is 2.25. The first-order valence-electron chi connectivity index (χ1n) is 5.51. The zero-order valence-electron chi connectivity index (χ0n) is 10.3. The van der Waals surface area contributed by atoms with Gasteiger partial charge in [0.15, 0.2) is 0 Å². The molecule has 0 saturated heterocycles. The van der Waals surface area contributed by atoms with Crippen LogP contribution in [-0.2, 0) is 0 Å². The highest BCUT2D eigenvalue weighted by molar-refractivity contribution is 7.80. The van der Waals surface area contributed by atoms with Gasteiger partial charge in [-0.05, 0) is 32.0 Å². The molecule has 1 rings (SSSR count). The SMILES string of the molecule is CC(C)N(CC(N)=S)C(=O)Nc1cccc(Cl)c1.